The normalized spacial score (nSPS) is 17.0. The van der Waals surface area contributed by atoms with E-state index in [1.54, 1.807) is 0 Å². The number of primary amides is 1. The number of aliphatic hydroxyl groups excluding tert-OH is 3. The van der Waals surface area contributed by atoms with Crippen LogP contribution in [0.4, 0.5) is 0 Å². The van der Waals surface area contributed by atoms with Crippen molar-refractivity contribution in [3.63, 3.8) is 0 Å². The van der Waals surface area contributed by atoms with Gasteiger partial charge in [0.05, 0.1) is 25.2 Å². The Morgan fingerprint density at radius 2 is 1.38 bits per heavy atom. The van der Waals surface area contributed by atoms with E-state index in [1.807, 2.05) is 10.6 Å². The maximum Gasteiger partial charge on any atom is 0.326 e. The van der Waals surface area contributed by atoms with Gasteiger partial charge in [-0.05, 0) is 13.8 Å². The Bertz CT molecular complexity index is 625. The van der Waals surface area contributed by atoms with Crippen LogP contribution in [0.15, 0.2) is 0 Å². The van der Waals surface area contributed by atoms with Crippen LogP contribution in [0.5, 0.6) is 0 Å². The number of aliphatic carboxylic acids is 1. The molecule has 0 bridgehead atoms. The number of carbonyl (C=O) groups is 5. The van der Waals surface area contributed by atoms with Gasteiger partial charge in [0, 0.05) is 0 Å². The van der Waals surface area contributed by atoms with Crippen molar-refractivity contribution in [3.05, 3.63) is 0 Å². The fraction of sp³-hybridized carbons (Fsp3) is 0.667. The predicted octanol–water partition coefficient (Wildman–Crippen LogP) is -5.52. The van der Waals surface area contributed by atoms with E-state index in [9.17, 15) is 39.3 Å². The van der Waals surface area contributed by atoms with E-state index in [-0.39, 0.29) is 0 Å². The highest BCUT2D eigenvalue weighted by Crippen LogP contribution is 1.99. The fourth-order valence-corrected chi connectivity index (χ4v) is 2.00. The molecule has 0 aromatic carbocycles. The Hall–Kier alpha value is -2.81. The molecule has 166 valence electrons. The van der Waals surface area contributed by atoms with Gasteiger partial charge in [0.2, 0.25) is 23.6 Å². The summed E-state index contributed by atoms with van der Waals surface area (Å²) in [5, 5.41) is 43.4. The van der Waals surface area contributed by atoms with E-state index in [1.165, 1.54) is 6.92 Å². The summed E-state index contributed by atoms with van der Waals surface area (Å²) in [7, 11) is 0. The minimum atomic E-state index is -1.69. The average Bonchev–Trinajstić information content (AvgIpc) is 2.61. The summed E-state index contributed by atoms with van der Waals surface area (Å²) < 4.78 is 0. The van der Waals surface area contributed by atoms with E-state index in [0.29, 0.717) is 0 Å². The number of hydrogen-bond donors (Lipinski definition) is 9. The monoisotopic (exact) mass is 421 g/mol. The number of amides is 4. The first kappa shape index (κ1) is 26.2. The van der Waals surface area contributed by atoms with Crippen LogP contribution in [-0.4, -0.2) is 93.0 Å². The van der Waals surface area contributed by atoms with Crippen LogP contribution in [0.2, 0.25) is 0 Å². The van der Waals surface area contributed by atoms with Gasteiger partial charge in [0.15, 0.2) is 0 Å². The number of nitrogens with one attached hydrogen (secondary N) is 3. The van der Waals surface area contributed by atoms with E-state index >= 15 is 0 Å². The number of hydrogen-bond acceptors (Lipinski definition) is 9. The average molecular weight is 421 g/mol. The molecule has 0 heterocycles. The van der Waals surface area contributed by atoms with E-state index in [4.69, 9.17) is 16.6 Å². The molecule has 29 heavy (non-hydrogen) atoms. The largest absolute Gasteiger partial charge is 0.480 e. The third-order valence-electron chi connectivity index (χ3n) is 3.72. The molecule has 0 aliphatic rings. The standard InChI is InChI=1S/C15H27N5O9/c1-5(22)10(17)13(26)20-11(6(2)23)14(27)19-8(4-21)12(25)18-7(15(28)29)3-9(16)24/h5-8,10-11,21-23H,3-4,17H2,1-2H3,(H2,16,24)(H,18,25)(H,19,27)(H,20,26)(H,28,29). The molecule has 14 nitrogen and oxygen atoms in total. The minimum Gasteiger partial charge on any atom is -0.480 e. The maximum atomic E-state index is 12.3. The van der Waals surface area contributed by atoms with Gasteiger partial charge >= 0.3 is 5.97 Å². The Morgan fingerprint density at radius 1 is 0.862 bits per heavy atom. The van der Waals surface area contributed by atoms with Gasteiger partial charge in [-0.3, -0.25) is 19.2 Å². The molecule has 0 aliphatic heterocycles. The number of carboxylic acids is 1. The second kappa shape index (κ2) is 11.9. The van der Waals surface area contributed by atoms with Crippen molar-refractivity contribution in [2.45, 2.75) is 56.6 Å². The van der Waals surface area contributed by atoms with Crippen LogP contribution in [-0.2, 0) is 24.0 Å². The summed E-state index contributed by atoms with van der Waals surface area (Å²) in [6.45, 7) is 1.42. The van der Waals surface area contributed by atoms with Crippen LogP contribution >= 0.6 is 0 Å². The fourth-order valence-electron chi connectivity index (χ4n) is 2.00. The summed E-state index contributed by atoms with van der Waals surface area (Å²) in [5.41, 5.74) is 10.3. The first-order chi connectivity index (χ1) is 13.3. The van der Waals surface area contributed by atoms with Crippen LogP contribution in [0, 0.1) is 0 Å². The van der Waals surface area contributed by atoms with Gasteiger partial charge in [-0.2, -0.15) is 0 Å². The topological polar surface area (TPSA) is 254 Å². The quantitative estimate of drug-likeness (QED) is 0.144. The summed E-state index contributed by atoms with van der Waals surface area (Å²) in [5.74, 6) is -5.78. The second-order valence-corrected chi connectivity index (χ2v) is 6.31. The lowest BCUT2D eigenvalue weighted by atomic mass is 10.1. The summed E-state index contributed by atoms with van der Waals surface area (Å²) in [6, 6.07) is -6.36. The number of nitrogens with two attached hydrogens (primary N) is 2. The Morgan fingerprint density at radius 3 is 1.76 bits per heavy atom. The van der Waals surface area contributed by atoms with E-state index in [0.717, 1.165) is 6.92 Å². The molecule has 0 radical (unpaired) electrons. The molecule has 0 aromatic heterocycles. The van der Waals surface area contributed by atoms with Crippen molar-refractivity contribution in [2.75, 3.05) is 6.61 Å². The lowest BCUT2D eigenvalue weighted by Gasteiger charge is -2.26. The second-order valence-electron chi connectivity index (χ2n) is 6.31. The number of carboxylic acid groups (broad SMARTS) is 1. The zero-order chi connectivity index (χ0) is 22.9. The summed E-state index contributed by atoms with van der Waals surface area (Å²) in [4.78, 5) is 58.2. The molecule has 11 N–H and O–H groups in total. The molecule has 0 saturated heterocycles. The van der Waals surface area contributed by atoms with Crippen LogP contribution < -0.4 is 27.4 Å². The molecule has 0 aliphatic carbocycles. The van der Waals surface area contributed by atoms with Crippen LogP contribution in [0.25, 0.3) is 0 Å². The van der Waals surface area contributed by atoms with E-state index < -0.39 is 79.0 Å². The van der Waals surface area contributed by atoms with Gasteiger partial charge in [-0.15, -0.1) is 0 Å². The maximum absolute atomic E-state index is 12.3. The Kier molecular flexibility index (Phi) is 10.7. The SMILES string of the molecule is CC(O)C(N)C(=O)NC(C(=O)NC(CO)C(=O)NC(CC(N)=O)C(=O)O)C(C)O. The number of rotatable bonds is 12. The zero-order valence-electron chi connectivity index (χ0n) is 15.9. The first-order valence-electron chi connectivity index (χ1n) is 8.46. The van der Waals surface area contributed by atoms with Crippen molar-refractivity contribution in [2.24, 2.45) is 11.5 Å². The van der Waals surface area contributed by atoms with Gasteiger partial charge in [0.1, 0.15) is 24.2 Å². The molecular formula is C15H27N5O9. The molecule has 4 amide bonds. The highest BCUT2D eigenvalue weighted by atomic mass is 16.4. The highest BCUT2D eigenvalue weighted by Gasteiger charge is 2.33. The third-order valence-corrected chi connectivity index (χ3v) is 3.72. The van der Waals surface area contributed by atoms with Crippen molar-refractivity contribution < 1.29 is 44.4 Å². The van der Waals surface area contributed by atoms with Crippen molar-refractivity contribution in [1.29, 1.82) is 0 Å². The predicted molar refractivity (Wildman–Crippen MR) is 95.7 cm³/mol. The summed E-state index contributed by atoms with van der Waals surface area (Å²) in [6.07, 6.45) is -3.43. The molecule has 0 fully saturated rings. The van der Waals surface area contributed by atoms with Crippen molar-refractivity contribution in [1.82, 2.24) is 16.0 Å². The van der Waals surface area contributed by atoms with E-state index in [2.05, 4.69) is 5.32 Å². The van der Waals surface area contributed by atoms with Gasteiger partial charge in [-0.1, -0.05) is 0 Å². The first-order valence-corrected chi connectivity index (χ1v) is 8.46. The Labute approximate surface area is 165 Å². The van der Waals surface area contributed by atoms with Gasteiger partial charge in [-0.25, -0.2) is 4.79 Å². The minimum absolute atomic E-state index is 0.725. The lowest BCUT2D eigenvalue weighted by molar-refractivity contribution is -0.144. The van der Waals surface area contributed by atoms with Crippen molar-refractivity contribution in [3.8, 4) is 0 Å². The van der Waals surface area contributed by atoms with Gasteiger partial charge < -0.3 is 47.8 Å². The van der Waals surface area contributed by atoms with Crippen LogP contribution in [0.1, 0.15) is 20.3 Å². The Balaban J connectivity index is 5.20. The number of carbonyl (C=O) groups excluding carboxylic acids is 4. The highest BCUT2D eigenvalue weighted by molar-refractivity contribution is 5.95. The molecular weight excluding hydrogens is 394 g/mol. The molecule has 0 spiro atoms. The molecule has 14 heteroatoms. The van der Waals surface area contributed by atoms with Crippen LogP contribution in [0.3, 0.4) is 0 Å². The van der Waals surface area contributed by atoms with Gasteiger partial charge in [0.25, 0.3) is 0 Å². The molecule has 0 aromatic rings. The molecule has 0 rings (SSSR count). The number of aliphatic hydroxyl groups is 3. The smallest absolute Gasteiger partial charge is 0.326 e. The third kappa shape index (κ3) is 8.82. The van der Waals surface area contributed by atoms with Crippen molar-refractivity contribution >= 4 is 29.6 Å². The molecule has 6 atom stereocenters. The molecule has 6 unspecified atom stereocenters. The summed E-state index contributed by atoms with van der Waals surface area (Å²) >= 11 is 0. The zero-order valence-corrected chi connectivity index (χ0v) is 15.9. The lowest BCUT2D eigenvalue weighted by Crippen LogP contribution is -2.61. The molecule has 0 saturated carbocycles.